The zero-order valence-corrected chi connectivity index (χ0v) is 16.6. The summed E-state index contributed by atoms with van der Waals surface area (Å²) in [5.74, 6) is 0.487. The summed E-state index contributed by atoms with van der Waals surface area (Å²) in [4.78, 5) is 2.09. The number of hydrogen-bond donors (Lipinski definition) is 0. The summed E-state index contributed by atoms with van der Waals surface area (Å²) in [5.41, 5.74) is 4.76. The van der Waals surface area contributed by atoms with Crippen molar-refractivity contribution in [3.05, 3.63) is 84.5 Å². The van der Waals surface area contributed by atoms with E-state index in [0.717, 1.165) is 33.8 Å². The highest BCUT2D eigenvalue weighted by atomic mass is 19.1. The first-order valence-corrected chi connectivity index (χ1v) is 9.68. The summed E-state index contributed by atoms with van der Waals surface area (Å²) in [7, 11) is 1.98. The molecule has 30 heavy (non-hydrogen) atoms. The van der Waals surface area contributed by atoms with Crippen molar-refractivity contribution in [2.75, 3.05) is 13.6 Å². The van der Waals surface area contributed by atoms with Crippen LogP contribution in [-0.4, -0.2) is 28.3 Å². The second-order valence-corrected chi connectivity index (χ2v) is 7.11. The Kier molecular flexibility index (Phi) is 5.73. The molecule has 6 heteroatoms. The third-order valence-corrected chi connectivity index (χ3v) is 4.93. The van der Waals surface area contributed by atoms with Gasteiger partial charge in [-0.05, 0) is 54.6 Å². The first kappa shape index (κ1) is 19.6. The Hall–Kier alpha value is -3.69. The molecule has 5 nitrogen and oxygen atoms in total. The van der Waals surface area contributed by atoms with Gasteiger partial charge in [-0.2, -0.15) is 10.4 Å². The fourth-order valence-corrected chi connectivity index (χ4v) is 3.42. The van der Waals surface area contributed by atoms with Crippen LogP contribution >= 0.6 is 0 Å². The summed E-state index contributed by atoms with van der Waals surface area (Å²) in [6.07, 6.45) is 3.97. The second kappa shape index (κ2) is 8.76. The van der Waals surface area contributed by atoms with Gasteiger partial charge in [0.1, 0.15) is 11.5 Å². The van der Waals surface area contributed by atoms with Gasteiger partial charge in [0.05, 0.1) is 24.2 Å². The van der Waals surface area contributed by atoms with E-state index in [2.05, 4.69) is 16.1 Å². The first-order chi connectivity index (χ1) is 14.7. The number of halogens is 1. The van der Waals surface area contributed by atoms with E-state index >= 15 is 0 Å². The van der Waals surface area contributed by atoms with Crippen LogP contribution in [0.5, 0.6) is 0 Å². The zero-order valence-electron chi connectivity index (χ0n) is 16.6. The molecule has 2 aromatic carbocycles. The summed E-state index contributed by atoms with van der Waals surface area (Å²) in [5, 5.41) is 13.4. The Balaban J connectivity index is 1.67. The Bertz CT molecular complexity index is 1140. The predicted octanol–water partition coefficient (Wildman–Crippen LogP) is 5.28. The lowest BCUT2D eigenvalue weighted by atomic mass is 10.1. The van der Waals surface area contributed by atoms with E-state index in [9.17, 15) is 4.39 Å². The highest BCUT2D eigenvalue weighted by Crippen LogP contribution is 2.29. The molecule has 4 aromatic rings. The van der Waals surface area contributed by atoms with Crippen molar-refractivity contribution in [1.29, 1.82) is 5.26 Å². The van der Waals surface area contributed by atoms with Gasteiger partial charge in [-0.25, -0.2) is 9.07 Å². The van der Waals surface area contributed by atoms with Gasteiger partial charge < -0.3 is 9.32 Å². The molecule has 0 aliphatic carbocycles. The van der Waals surface area contributed by atoms with Gasteiger partial charge in [-0.15, -0.1) is 0 Å². The fraction of sp³-hybridized carbons (Fsp3) is 0.167. The SMILES string of the molecule is CN(CCC#N)Cc1cnn(-c2ccc(-c3ccc(F)cc3)cc2)c1-c1ccco1. The molecule has 4 rings (SSSR count). The van der Waals surface area contributed by atoms with Gasteiger partial charge in [0.15, 0.2) is 5.76 Å². The number of furan rings is 1. The predicted molar refractivity (Wildman–Crippen MR) is 113 cm³/mol. The Morgan fingerprint density at radius 3 is 2.40 bits per heavy atom. The number of nitriles is 1. The maximum atomic E-state index is 13.2. The monoisotopic (exact) mass is 400 g/mol. The van der Waals surface area contributed by atoms with E-state index in [1.165, 1.54) is 12.1 Å². The van der Waals surface area contributed by atoms with Gasteiger partial charge in [0.2, 0.25) is 0 Å². The van der Waals surface area contributed by atoms with Crippen molar-refractivity contribution in [1.82, 2.24) is 14.7 Å². The smallest absolute Gasteiger partial charge is 0.152 e. The molecule has 0 aliphatic heterocycles. The van der Waals surface area contributed by atoms with E-state index < -0.39 is 0 Å². The molecule has 0 saturated heterocycles. The molecular weight excluding hydrogens is 379 g/mol. The lowest BCUT2D eigenvalue weighted by molar-refractivity contribution is 0.335. The molecule has 0 unspecified atom stereocenters. The Morgan fingerprint density at radius 1 is 1.07 bits per heavy atom. The van der Waals surface area contributed by atoms with Crippen LogP contribution in [0.25, 0.3) is 28.3 Å². The molecule has 0 N–H and O–H groups in total. The van der Waals surface area contributed by atoms with Crippen molar-refractivity contribution < 1.29 is 8.81 Å². The number of hydrogen-bond acceptors (Lipinski definition) is 4. The number of aromatic nitrogens is 2. The minimum absolute atomic E-state index is 0.248. The molecule has 2 heterocycles. The van der Waals surface area contributed by atoms with Crippen LogP contribution in [0, 0.1) is 17.1 Å². The van der Waals surface area contributed by atoms with Gasteiger partial charge in [0, 0.05) is 25.1 Å². The van der Waals surface area contributed by atoms with E-state index in [1.54, 1.807) is 18.4 Å². The van der Waals surface area contributed by atoms with Crippen molar-refractivity contribution in [2.24, 2.45) is 0 Å². The molecule has 0 fully saturated rings. The van der Waals surface area contributed by atoms with Gasteiger partial charge in [-0.3, -0.25) is 0 Å². The van der Waals surface area contributed by atoms with Crippen LogP contribution in [-0.2, 0) is 6.54 Å². The Labute approximate surface area is 174 Å². The molecule has 0 amide bonds. The highest BCUT2D eigenvalue weighted by Gasteiger charge is 2.18. The molecule has 0 spiro atoms. The second-order valence-electron chi connectivity index (χ2n) is 7.11. The first-order valence-electron chi connectivity index (χ1n) is 9.68. The van der Waals surface area contributed by atoms with Crippen LogP contribution in [0.4, 0.5) is 4.39 Å². The van der Waals surface area contributed by atoms with Gasteiger partial charge in [-0.1, -0.05) is 24.3 Å². The summed E-state index contributed by atoms with van der Waals surface area (Å²) in [6.45, 7) is 1.34. The number of nitrogens with zero attached hydrogens (tertiary/aromatic N) is 4. The average molecular weight is 400 g/mol. The largest absolute Gasteiger partial charge is 0.463 e. The Morgan fingerprint density at radius 2 is 1.77 bits per heavy atom. The fourth-order valence-electron chi connectivity index (χ4n) is 3.42. The van der Waals surface area contributed by atoms with Gasteiger partial charge in [0.25, 0.3) is 0 Å². The summed E-state index contributed by atoms with van der Waals surface area (Å²) >= 11 is 0. The summed E-state index contributed by atoms with van der Waals surface area (Å²) < 4.78 is 20.7. The lowest BCUT2D eigenvalue weighted by Gasteiger charge is -2.15. The molecule has 2 aromatic heterocycles. The summed E-state index contributed by atoms with van der Waals surface area (Å²) in [6, 6.07) is 20.4. The molecule has 0 radical (unpaired) electrons. The topological polar surface area (TPSA) is 58.0 Å². The minimum Gasteiger partial charge on any atom is -0.463 e. The molecule has 150 valence electrons. The normalized spacial score (nSPS) is 11.0. The maximum absolute atomic E-state index is 13.2. The van der Waals surface area contributed by atoms with Crippen molar-refractivity contribution >= 4 is 0 Å². The molecule has 0 atom stereocenters. The van der Waals surface area contributed by atoms with E-state index in [0.29, 0.717) is 19.5 Å². The molecule has 0 aliphatic rings. The van der Waals surface area contributed by atoms with Crippen molar-refractivity contribution in [3.63, 3.8) is 0 Å². The lowest BCUT2D eigenvalue weighted by Crippen LogP contribution is -2.19. The third kappa shape index (κ3) is 4.17. The molecule has 0 saturated carbocycles. The van der Waals surface area contributed by atoms with Crippen LogP contribution in [0.15, 0.2) is 77.5 Å². The van der Waals surface area contributed by atoms with Crippen LogP contribution in [0.3, 0.4) is 0 Å². The van der Waals surface area contributed by atoms with Gasteiger partial charge >= 0.3 is 0 Å². The van der Waals surface area contributed by atoms with E-state index in [-0.39, 0.29) is 5.82 Å². The average Bonchev–Trinajstić information content (AvgIpc) is 3.43. The number of rotatable bonds is 7. The van der Waals surface area contributed by atoms with E-state index in [1.807, 2.05) is 54.3 Å². The van der Waals surface area contributed by atoms with Crippen LogP contribution < -0.4 is 0 Å². The van der Waals surface area contributed by atoms with Crippen molar-refractivity contribution in [2.45, 2.75) is 13.0 Å². The minimum atomic E-state index is -0.248. The van der Waals surface area contributed by atoms with E-state index in [4.69, 9.17) is 9.68 Å². The highest BCUT2D eigenvalue weighted by molar-refractivity contribution is 5.66. The zero-order chi connectivity index (χ0) is 20.9. The quantitative estimate of drug-likeness (QED) is 0.423. The van der Waals surface area contributed by atoms with Crippen LogP contribution in [0.2, 0.25) is 0 Å². The van der Waals surface area contributed by atoms with Crippen LogP contribution in [0.1, 0.15) is 12.0 Å². The van der Waals surface area contributed by atoms with Crippen molar-refractivity contribution in [3.8, 4) is 34.3 Å². The number of benzene rings is 2. The molecule has 0 bridgehead atoms. The maximum Gasteiger partial charge on any atom is 0.152 e. The standard InChI is InChI=1S/C24H21FN4O/c1-28(14-3-13-26)17-20-16-27-29(24(20)23-4-2-15-30-23)22-11-7-19(8-12-22)18-5-9-21(25)10-6-18/h2,4-12,15-16H,3,14,17H2,1H3. The third-order valence-electron chi connectivity index (χ3n) is 4.93. The molecular formula is C24H21FN4O.